The van der Waals surface area contributed by atoms with Gasteiger partial charge in [0, 0.05) is 21.7 Å². The topological polar surface area (TPSA) is 51.2 Å². The molecule has 3 rings (SSSR count). The van der Waals surface area contributed by atoms with Crippen molar-refractivity contribution in [1.82, 2.24) is 4.98 Å². The van der Waals surface area contributed by atoms with Crippen LogP contribution in [0.25, 0.3) is 0 Å². The minimum Gasteiger partial charge on any atom is -0.487 e. The van der Waals surface area contributed by atoms with Crippen LogP contribution >= 0.6 is 22.9 Å². The number of nitrogens with one attached hydrogen (secondary N) is 1. The smallest absolute Gasteiger partial charge is 0.255 e. The van der Waals surface area contributed by atoms with Crippen LogP contribution in [-0.2, 0) is 6.61 Å². The van der Waals surface area contributed by atoms with Crippen molar-refractivity contribution in [3.05, 3.63) is 74.7 Å². The summed E-state index contributed by atoms with van der Waals surface area (Å²) in [6.45, 7) is 4.25. The zero-order valence-corrected chi connectivity index (χ0v) is 15.4. The third-order valence-corrected chi connectivity index (χ3v) is 4.65. The highest BCUT2D eigenvalue weighted by molar-refractivity contribution is 7.09. The van der Waals surface area contributed by atoms with Gasteiger partial charge in [-0.05, 0) is 49.7 Å². The van der Waals surface area contributed by atoms with E-state index >= 15 is 0 Å². The molecular formula is C19H17ClN2O2S. The van der Waals surface area contributed by atoms with Crippen LogP contribution in [0.3, 0.4) is 0 Å². The van der Waals surface area contributed by atoms with Crippen molar-refractivity contribution in [2.45, 2.75) is 20.5 Å². The fraction of sp³-hybridized carbons (Fsp3) is 0.158. The summed E-state index contributed by atoms with van der Waals surface area (Å²) in [6.07, 6.45) is 0. The maximum absolute atomic E-state index is 12.5. The minimum atomic E-state index is -0.208. The summed E-state index contributed by atoms with van der Waals surface area (Å²) < 4.78 is 5.73. The van der Waals surface area contributed by atoms with Crippen molar-refractivity contribution in [2.75, 3.05) is 5.32 Å². The largest absolute Gasteiger partial charge is 0.487 e. The number of thiazole rings is 1. The van der Waals surface area contributed by atoms with Crippen LogP contribution in [0.15, 0.2) is 47.8 Å². The summed E-state index contributed by atoms with van der Waals surface area (Å²) in [7, 11) is 0. The number of amides is 1. The number of anilines is 1. The predicted molar refractivity (Wildman–Crippen MR) is 102 cm³/mol. The Bertz CT molecular complexity index is 908. The van der Waals surface area contributed by atoms with E-state index in [-0.39, 0.29) is 5.91 Å². The van der Waals surface area contributed by atoms with Gasteiger partial charge in [-0.1, -0.05) is 23.7 Å². The number of halogens is 1. The maximum atomic E-state index is 12.5. The average Bonchev–Trinajstić information content (AvgIpc) is 3.02. The number of hydrogen-bond acceptors (Lipinski definition) is 4. The molecule has 0 aliphatic carbocycles. The van der Waals surface area contributed by atoms with E-state index in [9.17, 15) is 4.79 Å². The molecule has 0 spiro atoms. The van der Waals surface area contributed by atoms with Gasteiger partial charge in [-0.25, -0.2) is 4.98 Å². The number of aromatic nitrogens is 1. The molecule has 1 N–H and O–H groups in total. The van der Waals surface area contributed by atoms with Crippen molar-refractivity contribution < 1.29 is 9.53 Å². The molecule has 25 heavy (non-hydrogen) atoms. The molecule has 3 aromatic rings. The highest BCUT2D eigenvalue weighted by Crippen LogP contribution is 2.22. The normalized spacial score (nSPS) is 10.5. The quantitative estimate of drug-likeness (QED) is 0.665. The van der Waals surface area contributed by atoms with E-state index in [2.05, 4.69) is 10.3 Å². The van der Waals surface area contributed by atoms with Crippen LogP contribution < -0.4 is 10.1 Å². The Morgan fingerprint density at radius 1 is 1.24 bits per heavy atom. The van der Waals surface area contributed by atoms with E-state index in [4.69, 9.17) is 16.3 Å². The van der Waals surface area contributed by atoms with E-state index in [1.807, 2.05) is 31.4 Å². The van der Waals surface area contributed by atoms with Crippen molar-refractivity contribution in [3.63, 3.8) is 0 Å². The van der Waals surface area contributed by atoms with Gasteiger partial charge in [-0.15, -0.1) is 11.3 Å². The molecule has 0 unspecified atom stereocenters. The maximum Gasteiger partial charge on any atom is 0.255 e. The zero-order chi connectivity index (χ0) is 17.8. The van der Waals surface area contributed by atoms with Crippen LogP contribution in [-0.4, -0.2) is 10.9 Å². The summed E-state index contributed by atoms with van der Waals surface area (Å²) in [4.78, 5) is 16.8. The second-order valence-corrected chi connectivity index (χ2v) is 7.09. The van der Waals surface area contributed by atoms with Gasteiger partial charge in [0.1, 0.15) is 12.4 Å². The molecule has 0 bridgehead atoms. The number of nitrogens with zero attached hydrogens (tertiary/aromatic N) is 1. The van der Waals surface area contributed by atoms with E-state index in [1.54, 1.807) is 41.7 Å². The standard InChI is InChI=1S/C19H17ClN2O2S/c1-12-6-7-15(20)9-18(12)22-19(23)14-4-3-5-17(8-14)24-10-16-11-25-13(2)21-16/h3-9,11H,10H2,1-2H3,(H,22,23). The first-order valence-electron chi connectivity index (χ1n) is 7.72. The molecule has 0 radical (unpaired) electrons. The summed E-state index contributed by atoms with van der Waals surface area (Å²) in [5, 5.41) is 6.43. The third kappa shape index (κ3) is 4.59. The number of hydrogen-bond donors (Lipinski definition) is 1. The SMILES string of the molecule is Cc1nc(COc2cccc(C(=O)Nc3cc(Cl)ccc3C)c2)cs1. The Balaban J connectivity index is 1.69. The number of rotatable bonds is 5. The van der Waals surface area contributed by atoms with Gasteiger partial charge >= 0.3 is 0 Å². The third-order valence-electron chi connectivity index (χ3n) is 3.60. The molecule has 0 aliphatic heterocycles. The average molecular weight is 373 g/mol. The van der Waals surface area contributed by atoms with Crippen LogP contribution in [0.5, 0.6) is 5.75 Å². The number of benzene rings is 2. The Morgan fingerprint density at radius 3 is 2.84 bits per heavy atom. The summed E-state index contributed by atoms with van der Waals surface area (Å²) in [5.41, 5.74) is 3.05. The zero-order valence-electron chi connectivity index (χ0n) is 13.9. The fourth-order valence-corrected chi connectivity index (χ4v) is 3.05. The van der Waals surface area contributed by atoms with Crippen LogP contribution in [0.4, 0.5) is 5.69 Å². The van der Waals surface area contributed by atoms with Gasteiger partial charge in [0.15, 0.2) is 0 Å². The lowest BCUT2D eigenvalue weighted by molar-refractivity contribution is 0.102. The van der Waals surface area contributed by atoms with Gasteiger partial charge < -0.3 is 10.1 Å². The van der Waals surface area contributed by atoms with Crippen LogP contribution in [0, 0.1) is 13.8 Å². The Hall–Kier alpha value is -2.37. The monoisotopic (exact) mass is 372 g/mol. The van der Waals surface area contributed by atoms with Gasteiger partial charge in [0.25, 0.3) is 5.91 Å². The highest BCUT2D eigenvalue weighted by atomic mass is 35.5. The molecule has 1 aromatic heterocycles. The predicted octanol–water partition coefficient (Wildman–Crippen LogP) is 5.24. The molecule has 0 saturated carbocycles. The van der Waals surface area contributed by atoms with E-state index < -0.39 is 0 Å². The first kappa shape index (κ1) is 17.5. The van der Waals surface area contributed by atoms with Crippen molar-refractivity contribution >= 4 is 34.5 Å². The molecule has 4 nitrogen and oxygen atoms in total. The lowest BCUT2D eigenvalue weighted by Gasteiger charge is -2.10. The van der Waals surface area contributed by atoms with Gasteiger partial charge in [0.2, 0.25) is 0 Å². The summed E-state index contributed by atoms with van der Waals surface area (Å²) >= 11 is 7.58. The van der Waals surface area contributed by atoms with Gasteiger partial charge in [-0.2, -0.15) is 0 Å². The lowest BCUT2D eigenvalue weighted by atomic mass is 10.1. The molecule has 6 heteroatoms. The minimum absolute atomic E-state index is 0.208. The molecule has 1 heterocycles. The van der Waals surface area contributed by atoms with Crippen molar-refractivity contribution in [1.29, 1.82) is 0 Å². The number of aryl methyl sites for hydroxylation is 2. The van der Waals surface area contributed by atoms with Crippen molar-refractivity contribution in [3.8, 4) is 5.75 Å². The van der Waals surface area contributed by atoms with E-state index in [0.717, 1.165) is 16.3 Å². The molecule has 0 fully saturated rings. The molecule has 0 aliphatic rings. The lowest BCUT2D eigenvalue weighted by Crippen LogP contribution is -2.13. The van der Waals surface area contributed by atoms with Crippen LogP contribution in [0.1, 0.15) is 26.6 Å². The second-order valence-electron chi connectivity index (χ2n) is 5.59. The Morgan fingerprint density at radius 2 is 2.08 bits per heavy atom. The van der Waals surface area contributed by atoms with Crippen molar-refractivity contribution in [2.24, 2.45) is 0 Å². The molecule has 2 aromatic carbocycles. The Kier molecular flexibility index (Phi) is 5.36. The number of carbonyl (C=O) groups excluding carboxylic acids is 1. The first-order valence-corrected chi connectivity index (χ1v) is 8.98. The van der Waals surface area contributed by atoms with E-state index in [0.29, 0.717) is 28.6 Å². The molecule has 128 valence electrons. The number of carbonyl (C=O) groups is 1. The molecule has 0 saturated heterocycles. The molecule has 0 atom stereocenters. The Labute approximate surface area is 155 Å². The highest BCUT2D eigenvalue weighted by Gasteiger charge is 2.10. The van der Waals surface area contributed by atoms with E-state index in [1.165, 1.54) is 0 Å². The van der Waals surface area contributed by atoms with Gasteiger partial charge in [0.05, 0.1) is 10.7 Å². The summed E-state index contributed by atoms with van der Waals surface area (Å²) in [6, 6.07) is 12.5. The van der Waals surface area contributed by atoms with Crippen LogP contribution in [0.2, 0.25) is 5.02 Å². The number of ether oxygens (including phenoxy) is 1. The summed E-state index contributed by atoms with van der Waals surface area (Å²) in [5.74, 6) is 0.418. The molecule has 1 amide bonds. The second kappa shape index (κ2) is 7.68. The first-order chi connectivity index (χ1) is 12.0. The molecular weight excluding hydrogens is 356 g/mol. The fourth-order valence-electron chi connectivity index (χ4n) is 2.28. The van der Waals surface area contributed by atoms with Gasteiger partial charge in [-0.3, -0.25) is 4.79 Å².